The van der Waals surface area contributed by atoms with Crippen molar-refractivity contribution >= 4 is 16.1 Å². The fraction of sp³-hybridized carbons (Fsp3) is 1.00. The molecule has 2 N–H and O–H groups in total. The van der Waals surface area contributed by atoms with E-state index in [0.717, 1.165) is 38.5 Å². The molecule has 0 amide bonds. The number of rotatable bonds is 18. The van der Waals surface area contributed by atoms with Crippen LogP contribution in [0.3, 0.4) is 0 Å². The van der Waals surface area contributed by atoms with Crippen molar-refractivity contribution in [2.75, 3.05) is 25.9 Å². The van der Waals surface area contributed by atoms with Crippen molar-refractivity contribution in [2.45, 2.75) is 78.4 Å². The second-order valence-corrected chi connectivity index (χ2v) is 10.7. The van der Waals surface area contributed by atoms with E-state index in [1.165, 1.54) is 0 Å². The predicted octanol–water partition coefficient (Wildman–Crippen LogP) is 4.28. The predicted molar refractivity (Wildman–Crippen MR) is 110 cm³/mol. The summed E-state index contributed by atoms with van der Waals surface area (Å²) < 4.78 is 38.8. The molecule has 0 aliphatic rings. The van der Waals surface area contributed by atoms with E-state index >= 15 is 0 Å². The Kier molecular flexibility index (Phi) is 17.3. The third-order valence-corrected chi connectivity index (χ3v) is 6.65. The van der Waals surface area contributed by atoms with E-state index < -0.39 is 16.1 Å². The van der Waals surface area contributed by atoms with Gasteiger partial charge in [-0.25, -0.2) is 0 Å². The summed E-state index contributed by atoms with van der Waals surface area (Å²) in [5.74, 6) is 0.800. The van der Waals surface area contributed by atoms with Gasteiger partial charge in [-0.05, 0) is 51.4 Å². The first-order valence-electron chi connectivity index (χ1n) is 9.95. The summed E-state index contributed by atoms with van der Waals surface area (Å²) in [5, 5.41) is 18.6. The highest BCUT2D eigenvalue weighted by Crippen LogP contribution is 2.27. The largest absolute Gasteiger partial charge is 0.393 e. The first-order chi connectivity index (χ1) is 12.7. The molecule has 164 valence electrons. The Labute approximate surface area is 165 Å². The zero-order valence-corrected chi connectivity index (χ0v) is 19.3. The number of hydrogen-bond donors (Lipinski definition) is 2. The fourth-order valence-electron chi connectivity index (χ4n) is 2.98. The van der Waals surface area contributed by atoms with Gasteiger partial charge in [-0.1, -0.05) is 26.7 Å². The molecule has 6 unspecified atom stereocenters. The van der Waals surface area contributed by atoms with Crippen LogP contribution in [0.4, 0.5) is 0 Å². The number of aliphatic hydroxyl groups excluding tert-OH is 2. The number of ether oxygens (including phenoxy) is 1. The molecule has 0 spiro atoms. The Balaban J connectivity index is 3.53. The highest BCUT2D eigenvalue weighted by atomic mass is 31.1. The quantitative estimate of drug-likeness (QED) is 0.190. The second kappa shape index (κ2) is 17.1. The van der Waals surface area contributed by atoms with E-state index in [1.54, 1.807) is 13.8 Å². The molecule has 0 aliphatic heterocycles. The molecule has 0 radical (unpaired) electrons. The lowest BCUT2D eigenvalue weighted by Gasteiger charge is -2.13. The van der Waals surface area contributed by atoms with Gasteiger partial charge < -0.3 is 24.0 Å². The van der Waals surface area contributed by atoms with Crippen LogP contribution in [-0.4, -0.2) is 48.3 Å². The summed E-state index contributed by atoms with van der Waals surface area (Å²) in [6.45, 7) is 7.44. The van der Waals surface area contributed by atoms with Crippen LogP contribution in [0.5, 0.6) is 0 Å². The van der Waals surface area contributed by atoms with Gasteiger partial charge >= 0.3 is 0 Å². The van der Waals surface area contributed by atoms with Gasteiger partial charge in [0.2, 0.25) is 0 Å². The minimum absolute atomic E-state index is 0.123. The van der Waals surface area contributed by atoms with Gasteiger partial charge in [-0.3, -0.25) is 9.13 Å². The molecule has 0 fully saturated rings. The number of aliphatic hydroxyl groups is 2. The summed E-state index contributed by atoms with van der Waals surface area (Å²) in [4.78, 5) is 0. The minimum atomic E-state index is -2.13. The van der Waals surface area contributed by atoms with Crippen molar-refractivity contribution in [1.29, 1.82) is 0 Å². The highest BCUT2D eigenvalue weighted by molar-refractivity contribution is 7.39. The third-order valence-electron chi connectivity index (χ3n) is 4.25. The molecule has 0 saturated heterocycles. The highest BCUT2D eigenvalue weighted by Gasteiger charge is 2.09. The van der Waals surface area contributed by atoms with Gasteiger partial charge in [0, 0.05) is 12.3 Å². The summed E-state index contributed by atoms with van der Waals surface area (Å²) in [5.41, 5.74) is 0. The van der Waals surface area contributed by atoms with Crippen molar-refractivity contribution in [2.24, 2.45) is 11.8 Å². The van der Waals surface area contributed by atoms with Crippen molar-refractivity contribution in [3.05, 3.63) is 0 Å². The first kappa shape index (κ1) is 27.3. The minimum Gasteiger partial charge on any atom is -0.393 e. The molecule has 6 atom stereocenters. The van der Waals surface area contributed by atoms with Gasteiger partial charge in [0.1, 0.15) is 0 Å². The molecule has 0 aromatic carbocycles. The summed E-state index contributed by atoms with van der Waals surface area (Å²) in [6, 6.07) is 0. The van der Waals surface area contributed by atoms with E-state index in [-0.39, 0.29) is 25.8 Å². The van der Waals surface area contributed by atoms with Crippen LogP contribution in [0, 0.1) is 11.8 Å². The molecule has 27 heavy (non-hydrogen) atoms. The Hall–Kier alpha value is 0.260. The zero-order valence-electron chi connectivity index (χ0n) is 17.3. The van der Waals surface area contributed by atoms with Crippen molar-refractivity contribution in [3.63, 3.8) is 0 Å². The van der Waals surface area contributed by atoms with Crippen LogP contribution >= 0.6 is 16.1 Å². The van der Waals surface area contributed by atoms with Gasteiger partial charge in [0.15, 0.2) is 29.6 Å². The molecule has 0 bridgehead atoms. The Bertz CT molecular complexity index is 369. The lowest BCUT2D eigenvalue weighted by atomic mass is 10.00. The Morgan fingerprint density at radius 2 is 1.11 bits per heavy atom. The molecule has 0 heterocycles. The van der Waals surface area contributed by atoms with E-state index in [1.807, 2.05) is 0 Å². The summed E-state index contributed by atoms with van der Waals surface area (Å²) >= 11 is 0. The van der Waals surface area contributed by atoms with Crippen LogP contribution in [0.15, 0.2) is 0 Å². The molecule has 9 heteroatoms. The van der Waals surface area contributed by atoms with Crippen LogP contribution in [0.25, 0.3) is 0 Å². The maximum absolute atomic E-state index is 11.7. The number of hydrogen-bond acceptors (Lipinski definition) is 7. The molecule has 0 aliphatic carbocycles. The van der Waals surface area contributed by atoms with Crippen molar-refractivity contribution < 1.29 is 33.1 Å². The van der Waals surface area contributed by atoms with E-state index in [2.05, 4.69) is 13.8 Å². The average molecular weight is 430 g/mol. The lowest BCUT2D eigenvalue weighted by Crippen LogP contribution is -2.07. The topological polar surface area (TPSA) is 102 Å². The van der Waals surface area contributed by atoms with Crippen molar-refractivity contribution in [1.82, 2.24) is 0 Å². The van der Waals surface area contributed by atoms with Crippen LogP contribution < -0.4 is 0 Å². The molecule has 0 aromatic heterocycles. The SMILES string of the molecule is CC(O)CC(C)CCC[PH](=O)OCOCO[PH](=O)CCCC(C)CC(C)O. The monoisotopic (exact) mass is 430 g/mol. The van der Waals surface area contributed by atoms with Crippen LogP contribution in [0.2, 0.25) is 0 Å². The van der Waals surface area contributed by atoms with E-state index in [0.29, 0.717) is 24.2 Å². The lowest BCUT2D eigenvalue weighted by molar-refractivity contribution is -0.0478. The second-order valence-electron chi connectivity index (χ2n) is 7.64. The molecule has 0 saturated carbocycles. The normalized spacial score (nSPS) is 18.6. The van der Waals surface area contributed by atoms with Crippen LogP contribution in [-0.2, 0) is 22.9 Å². The van der Waals surface area contributed by atoms with Gasteiger partial charge in [0.25, 0.3) is 0 Å². The summed E-state index contributed by atoms with van der Waals surface area (Å²) in [6.07, 6.45) is 5.30. The molecular weight excluding hydrogens is 390 g/mol. The van der Waals surface area contributed by atoms with Crippen LogP contribution in [0.1, 0.15) is 66.2 Å². The average Bonchev–Trinajstić information content (AvgIpc) is 2.53. The molecule has 7 nitrogen and oxygen atoms in total. The third kappa shape index (κ3) is 19.4. The smallest absolute Gasteiger partial charge is 0.193 e. The van der Waals surface area contributed by atoms with Gasteiger partial charge in [-0.15, -0.1) is 0 Å². The first-order valence-corrected chi connectivity index (χ1v) is 13.0. The van der Waals surface area contributed by atoms with E-state index in [4.69, 9.17) is 13.8 Å². The zero-order chi connectivity index (χ0) is 20.7. The standard InChI is InChI=1S/C18H40O7P2/c1-15(11-17(3)19)7-5-9-26(21)24-13-23-14-25-27(22)10-6-8-16(2)12-18(4)20/h15-20,26-27H,5-14H2,1-4H3. The van der Waals surface area contributed by atoms with Crippen molar-refractivity contribution in [3.8, 4) is 0 Å². The molecular formula is C18H40O7P2. The maximum Gasteiger partial charge on any atom is 0.193 e. The van der Waals surface area contributed by atoms with Gasteiger partial charge in [-0.2, -0.15) is 0 Å². The maximum atomic E-state index is 11.7. The summed E-state index contributed by atoms with van der Waals surface area (Å²) in [7, 11) is -4.26. The molecule has 0 aromatic rings. The molecule has 0 rings (SSSR count). The fourth-order valence-corrected chi connectivity index (χ4v) is 4.69. The Morgan fingerprint density at radius 3 is 1.44 bits per heavy atom. The van der Waals surface area contributed by atoms with E-state index in [9.17, 15) is 19.3 Å². The van der Waals surface area contributed by atoms with Gasteiger partial charge in [0.05, 0.1) is 12.2 Å². The Morgan fingerprint density at radius 1 is 0.741 bits per heavy atom.